The standard InChI is InChI=1S/C16H18ClN3O/c1-2-3-8-21-16-15(19)9-13(10-18)20(16)11-12-6-4-5-7-14(12)17/h4-7,9H,2-3,8,11,19H2,1H3. The lowest BCUT2D eigenvalue weighted by molar-refractivity contribution is 0.287. The highest BCUT2D eigenvalue weighted by Gasteiger charge is 2.15. The first-order chi connectivity index (χ1) is 10.2. The third-order valence-electron chi connectivity index (χ3n) is 3.21. The van der Waals surface area contributed by atoms with E-state index in [0.29, 0.717) is 35.4 Å². The lowest BCUT2D eigenvalue weighted by Gasteiger charge is -2.13. The van der Waals surface area contributed by atoms with E-state index < -0.39 is 0 Å². The molecule has 0 aliphatic heterocycles. The van der Waals surface area contributed by atoms with Gasteiger partial charge in [0, 0.05) is 11.1 Å². The van der Waals surface area contributed by atoms with E-state index >= 15 is 0 Å². The van der Waals surface area contributed by atoms with Gasteiger partial charge < -0.3 is 10.5 Å². The number of nitrogens with two attached hydrogens (primary N) is 1. The van der Waals surface area contributed by atoms with Crippen LogP contribution in [-0.2, 0) is 6.54 Å². The van der Waals surface area contributed by atoms with Gasteiger partial charge in [-0.3, -0.25) is 4.57 Å². The summed E-state index contributed by atoms with van der Waals surface area (Å²) in [5.74, 6) is 0.542. The number of hydrogen-bond acceptors (Lipinski definition) is 3. The molecule has 0 radical (unpaired) electrons. The van der Waals surface area contributed by atoms with Gasteiger partial charge >= 0.3 is 0 Å². The summed E-state index contributed by atoms with van der Waals surface area (Å²) in [6, 6.07) is 11.3. The fourth-order valence-corrected chi connectivity index (χ4v) is 2.27. The van der Waals surface area contributed by atoms with Crippen molar-refractivity contribution in [2.24, 2.45) is 0 Å². The maximum Gasteiger partial charge on any atom is 0.218 e. The van der Waals surface area contributed by atoms with Crippen LogP contribution in [0, 0.1) is 11.3 Å². The van der Waals surface area contributed by atoms with Crippen molar-refractivity contribution in [3.05, 3.63) is 46.6 Å². The molecule has 4 nitrogen and oxygen atoms in total. The molecule has 0 saturated heterocycles. The molecule has 21 heavy (non-hydrogen) atoms. The van der Waals surface area contributed by atoms with Gasteiger partial charge in [-0.05, 0) is 18.1 Å². The Labute approximate surface area is 129 Å². The molecule has 2 aromatic rings. The molecule has 0 aliphatic rings. The average Bonchev–Trinajstić information content (AvgIpc) is 2.78. The first-order valence-corrected chi connectivity index (χ1v) is 7.30. The Morgan fingerprint density at radius 2 is 2.14 bits per heavy atom. The molecular formula is C16H18ClN3O. The van der Waals surface area contributed by atoms with Gasteiger partial charge in [-0.25, -0.2) is 0 Å². The molecule has 0 amide bonds. The number of aromatic nitrogens is 1. The molecule has 5 heteroatoms. The quantitative estimate of drug-likeness (QED) is 0.825. The number of rotatable bonds is 6. The van der Waals surface area contributed by atoms with Crippen LogP contribution in [0.1, 0.15) is 31.0 Å². The monoisotopic (exact) mass is 303 g/mol. The van der Waals surface area contributed by atoms with Crippen molar-refractivity contribution in [3.63, 3.8) is 0 Å². The van der Waals surface area contributed by atoms with Crippen LogP contribution in [0.2, 0.25) is 5.02 Å². The molecular weight excluding hydrogens is 286 g/mol. The van der Waals surface area contributed by atoms with E-state index in [-0.39, 0.29) is 0 Å². The highest BCUT2D eigenvalue weighted by atomic mass is 35.5. The maximum atomic E-state index is 9.26. The van der Waals surface area contributed by atoms with Crippen LogP contribution in [0.15, 0.2) is 30.3 Å². The van der Waals surface area contributed by atoms with Crippen molar-refractivity contribution in [2.75, 3.05) is 12.3 Å². The van der Waals surface area contributed by atoms with Crippen LogP contribution in [0.4, 0.5) is 5.69 Å². The number of nitrogen functional groups attached to an aromatic ring is 1. The first-order valence-electron chi connectivity index (χ1n) is 6.92. The molecule has 0 aliphatic carbocycles. The van der Waals surface area contributed by atoms with Crippen molar-refractivity contribution in [1.82, 2.24) is 4.57 Å². The van der Waals surface area contributed by atoms with Crippen LogP contribution in [0.3, 0.4) is 0 Å². The third kappa shape index (κ3) is 3.50. The first kappa shape index (κ1) is 15.3. The van der Waals surface area contributed by atoms with Crippen molar-refractivity contribution < 1.29 is 4.74 Å². The normalized spacial score (nSPS) is 10.3. The van der Waals surface area contributed by atoms with Gasteiger partial charge in [-0.1, -0.05) is 43.1 Å². The summed E-state index contributed by atoms with van der Waals surface area (Å²) in [7, 11) is 0. The van der Waals surface area contributed by atoms with Crippen molar-refractivity contribution in [3.8, 4) is 11.9 Å². The van der Waals surface area contributed by atoms with E-state index in [9.17, 15) is 5.26 Å². The minimum absolute atomic E-state index is 0.460. The molecule has 2 N–H and O–H groups in total. The van der Waals surface area contributed by atoms with Gasteiger partial charge in [-0.2, -0.15) is 5.26 Å². The van der Waals surface area contributed by atoms with Crippen molar-refractivity contribution in [2.45, 2.75) is 26.3 Å². The highest BCUT2D eigenvalue weighted by Crippen LogP contribution is 2.29. The molecule has 0 saturated carbocycles. The molecule has 0 fully saturated rings. The summed E-state index contributed by atoms with van der Waals surface area (Å²) < 4.78 is 7.52. The fourth-order valence-electron chi connectivity index (χ4n) is 2.07. The molecule has 1 heterocycles. The van der Waals surface area contributed by atoms with Crippen molar-refractivity contribution >= 4 is 17.3 Å². The molecule has 0 unspecified atom stereocenters. The summed E-state index contributed by atoms with van der Waals surface area (Å²) in [5, 5.41) is 9.92. The summed E-state index contributed by atoms with van der Waals surface area (Å²) in [6.45, 7) is 3.13. The SMILES string of the molecule is CCCCOc1c(N)cc(C#N)n1Cc1ccccc1Cl. The molecule has 0 bridgehead atoms. The van der Waals surface area contributed by atoms with Gasteiger partial charge in [0.1, 0.15) is 11.8 Å². The third-order valence-corrected chi connectivity index (χ3v) is 3.58. The summed E-state index contributed by atoms with van der Waals surface area (Å²) in [6.07, 6.45) is 1.98. The van der Waals surface area contributed by atoms with Crippen LogP contribution >= 0.6 is 11.6 Å². The van der Waals surface area contributed by atoms with Gasteiger partial charge in [-0.15, -0.1) is 0 Å². The van der Waals surface area contributed by atoms with Crippen LogP contribution < -0.4 is 10.5 Å². The predicted molar refractivity (Wildman–Crippen MR) is 84.5 cm³/mol. The number of unbranched alkanes of at least 4 members (excludes halogenated alkanes) is 1. The number of ether oxygens (including phenoxy) is 1. The maximum absolute atomic E-state index is 9.26. The smallest absolute Gasteiger partial charge is 0.218 e. The van der Waals surface area contributed by atoms with Gasteiger partial charge in [0.15, 0.2) is 0 Å². The molecule has 1 aromatic carbocycles. The van der Waals surface area contributed by atoms with E-state index in [2.05, 4.69) is 13.0 Å². The second-order valence-corrected chi connectivity index (χ2v) is 5.19. The topological polar surface area (TPSA) is 64.0 Å². The zero-order valence-electron chi connectivity index (χ0n) is 12.0. The summed E-state index contributed by atoms with van der Waals surface area (Å²) in [4.78, 5) is 0. The number of nitrogens with zero attached hydrogens (tertiary/aromatic N) is 2. The Balaban J connectivity index is 2.32. The Bertz CT molecular complexity index is 658. The van der Waals surface area contributed by atoms with Gasteiger partial charge in [0.2, 0.25) is 5.88 Å². The van der Waals surface area contributed by atoms with Gasteiger partial charge in [0.25, 0.3) is 0 Å². The van der Waals surface area contributed by atoms with Crippen molar-refractivity contribution in [1.29, 1.82) is 5.26 Å². The number of halogens is 1. The zero-order valence-corrected chi connectivity index (χ0v) is 12.7. The Hall–Kier alpha value is -2.12. The van der Waals surface area contributed by atoms with E-state index in [4.69, 9.17) is 22.1 Å². The minimum Gasteiger partial charge on any atom is -0.477 e. The summed E-state index contributed by atoms with van der Waals surface area (Å²) >= 11 is 6.19. The minimum atomic E-state index is 0.460. The number of anilines is 1. The lowest BCUT2D eigenvalue weighted by atomic mass is 10.2. The molecule has 0 atom stereocenters. The second kappa shape index (κ2) is 7.05. The number of nitriles is 1. The average molecular weight is 304 g/mol. The van der Waals surface area contributed by atoms with Crippen LogP contribution in [0.5, 0.6) is 5.88 Å². The van der Waals surface area contributed by atoms with Crippen LogP contribution in [-0.4, -0.2) is 11.2 Å². The largest absolute Gasteiger partial charge is 0.477 e. The number of hydrogen-bond donors (Lipinski definition) is 1. The zero-order chi connectivity index (χ0) is 15.2. The van der Waals surface area contributed by atoms with E-state index in [0.717, 1.165) is 18.4 Å². The van der Waals surface area contributed by atoms with Gasteiger partial charge in [0.05, 0.1) is 18.8 Å². The summed E-state index contributed by atoms with van der Waals surface area (Å²) in [5.41, 5.74) is 7.84. The molecule has 110 valence electrons. The lowest BCUT2D eigenvalue weighted by Crippen LogP contribution is -2.08. The Morgan fingerprint density at radius 3 is 2.81 bits per heavy atom. The van der Waals surface area contributed by atoms with E-state index in [1.807, 2.05) is 24.3 Å². The Morgan fingerprint density at radius 1 is 1.38 bits per heavy atom. The van der Waals surface area contributed by atoms with E-state index in [1.165, 1.54) is 0 Å². The number of benzene rings is 1. The predicted octanol–water partition coefficient (Wildman–Crippen LogP) is 3.82. The van der Waals surface area contributed by atoms with E-state index in [1.54, 1.807) is 10.6 Å². The molecule has 1 aromatic heterocycles. The van der Waals surface area contributed by atoms with Crippen LogP contribution in [0.25, 0.3) is 0 Å². The second-order valence-electron chi connectivity index (χ2n) is 4.78. The fraction of sp³-hybridized carbons (Fsp3) is 0.312. The Kier molecular flexibility index (Phi) is 5.13. The molecule has 0 spiro atoms. The molecule has 2 rings (SSSR count). The highest BCUT2D eigenvalue weighted by molar-refractivity contribution is 6.31.